The lowest BCUT2D eigenvalue weighted by Crippen LogP contribution is -2.23. The second kappa shape index (κ2) is 5.83. The average molecular weight is 260 g/mol. The van der Waals surface area contributed by atoms with E-state index in [-0.39, 0.29) is 28.8 Å². The number of nitrogens with two attached hydrogens (primary N) is 1. The fraction of sp³-hybridized carbons (Fsp3) is 0.400. The lowest BCUT2D eigenvalue weighted by atomic mass is 10.2. The molecule has 2 unspecified atom stereocenters. The predicted octanol–water partition coefficient (Wildman–Crippen LogP) is 1.33. The van der Waals surface area contributed by atoms with Crippen molar-refractivity contribution in [3.8, 4) is 0 Å². The molecular weight excluding hydrogens is 247 g/mol. The third kappa shape index (κ3) is 4.20. The van der Waals surface area contributed by atoms with Crippen LogP contribution in [-0.2, 0) is 16.6 Å². The maximum absolute atomic E-state index is 13.0. The molecule has 5 nitrogen and oxygen atoms in total. The fourth-order valence-electron chi connectivity index (χ4n) is 1.37. The van der Waals surface area contributed by atoms with E-state index in [2.05, 4.69) is 0 Å². The molecule has 1 aromatic rings. The summed E-state index contributed by atoms with van der Waals surface area (Å²) in [5.41, 5.74) is 5.39. The number of nitrogens with zero attached hydrogens (tertiary/aromatic N) is 1. The van der Waals surface area contributed by atoms with Crippen LogP contribution in [-0.4, -0.2) is 20.9 Å². The Morgan fingerprint density at radius 3 is 2.76 bits per heavy atom. The molecule has 0 aliphatic rings. The highest BCUT2D eigenvalue weighted by Crippen LogP contribution is 2.21. The summed E-state index contributed by atoms with van der Waals surface area (Å²) in [4.78, 5) is 10.1. The maximum atomic E-state index is 13.0. The summed E-state index contributed by atoms with van der Waals surface area (Å²) in [7, 11) is -1.33. The smallest absolute Gasteiger partial charge is 0.273 e. The molecule has 1 aromatic carbocycles. The van der Waals surface area contributed by atoms with Gasteiger partial charge in [0.05, 0.1) is 10.7 Å². The summed E-state index contributed by atoms with van der Waals surface area (Å²) in [6.45, 7) is 1.69. The molecule has 17 heavy (non-hydrogen) atoms. The van der Waals surface area contributed by atoms with Gasteiger partial charge >= 0.3 is 0 Å². The Labute approximate surface area is 100 Å². The van der Waals surface area contributed by atoms with E-state index in [1.807, 2.05) is 0 Å². The zero-order chi connectivity index (χ0) is 13.0. The Morgan fingerprint density at radius 1 is 1.59 bits per heavy atom. The third-order valence-corrected chi connectivity index (χ3v) is 3.53. The zero-order valence-corrected chi connectivity index (χ0v) is 10.1. The van der Waals surface area contributed by atoms with Crippen LogP contribution in [0.25, 0.3) is 0 Å². The van der Waals surface area contributed by atoms with Crippen LogP contribution in [0.4, 0.5) is 10.1 Å². The molecule has 2 N–H and O–H groups in total. The third-order valence-electron chi connectivity index (χ3n) is 2.00. The topological polar surface area (TPSA) is 86.2 Å². The van der Waals surface area contributed by atoms with Crippen LogP contribution >= 0.6 is 0 Å². The minimum absolute atomic E-state index is 0.0599. The lowest BCUT2D eigenvalue weighted by Gasteiger charge is -2.06. The highest BCUT2D eigenvalue weighted by Gasteiger charge is 2.17. The lowest BCUT2D eigenvalue weighted by molar-refractivity contribution is -0.385. The molecule has 0 fully saturated rings. The fourth-order valence-corrected chi connectivity index (χ4v) is 2.66. The Balaban J connectivity index is 2.92. The van der Waals surface area contributed by atoms with Crippen molar-refractivity contribution in [1.82, 2.24) is 0 Å². The van der Waals surface area contributed by atoms with E-state index in [0.29, 0.717) is 0 Å². The molecular formula is C10H13FN2O3S. The van der Waals surface area contributed by atoms with Crippen LogP contribution in [0.2, 0.25) is 0 Å². The van der Waals surface area contributed by atoms with Crippen LogP contribution in [0.1, 0.15) is 12.5 Å². The summed E-state index contributed by atoms with van der Waals surface area (Å²) in [5, 5.41) is 10.7. The van der Waals surface area contributed by atoms with Crippen LogP contribution in [0, 0.1) is 15.9 Å². The molecule has 1 rings (SSSR count). The molecule has 0 amide bonds. The van der Waals surface area contributed by atoms with Crippen molar-refractivity contribution in [3.05, 3.63) is 39.7 Å². The highest BCUT2D eigenvalue weighted by molar-refractivity contribution is 7.84. The summed E-state index contributed by atoms with van der Waals surface area (Å²) in [6.07, 6.45) is 0. The van der Waals surface area contributed by atoms with E-state index < -0.39 is 21.5 Å². The Kier molecular flexibility index (Phi) is 4.71. The average Bonchev–Trinajstić information content (AvgIpc) is 2.15. The molecule has 0 saturated heterocycles. The predicted molar refractivity (Wildman–Crippen MR) is 63.4 cm³/mol. The number of nitro benzene ring substituents is 1. The van der Waals surface area contributed by atoms with Gasteiger partial charge in [-0.25, -0.2) is 4.39 Å². The van der Waals surface area contributed by atoms with Gasteiger partial charge in [0.25, 0.3) is 5.69 Å². The van der Waals surface area contributed by atoms with Crippen molar-refractivity contribution in [2.24, 2.45) is 5.73 Å². The zero-order valence-electron chi connectivity index (χ0n) is 9.26. The van der Waals surface area contributed by atoms with Crippen molar-refractivity contribution in [1.29, 1.82) is 0 Å². The first kappa shape index (κ1) is 13.7. The molecule has 0 aliphatic carbocycles. The number of hydrogen-bond donors (Lipinski definition) is 1. The van der Waals surface area contributed by atoms with Crippen molar-refractivity contribution in [2.75, 3.05) is 5.75 Å². The second-order valence-electron chi connectivity index (χ2n) is 3.76. The standard InChI is InChI=1S/C10H13FN2O3S/c1-7(12)5-17(16)6-8-4-9(11)2-3-10(8)13(14)15/h2-4,7H,5-6,12H2,1H3. The summed E-state index contributed by atoms with van der Waals surface area (Å²) >= 11 is 0. The van der Waals surface area contributed by atoms with Gasteiger partial charge in [-0.1, -0.05) is 0 Å². The molecule has 7 heteroatoms. The van der Waals surface area contributed by atoms with E-state index in [1.54, 1.807) is 6.92 Å². The van der Waals surface area contributed by atoms with E-state index in [4.69, 9.17) is 5.73 Å². The van der Waals surface area contributed by atoms with Gasteiger partial charge in [-0.05, 0) is 19.1 Å². The van der Waals surface area contributed by atoms with Gasteiger partial charge in [0, 0.05) is 34.2 Å². The SMILES string of the molecule is CC(N)CS(=O)Cc1cc(F)ccc1[N+](=O)[O-]. The Bertz CT molecular complexity index is 451. The minimum Gasteiger partial charge on any atom is -0.327 e. The largest absolute Gasteiger partial charge is 0.327 e. The second-order valence-corrected chi connectivity index (χ2v) is 5.26. The molecule has 0 bridgehead atoms. The number of rotatable bonds is 5. The van der Waals surface area contributed by atoms with Gasteiger partial charge in [-0.3, -0.25) is 14.3 Å². The van der Waals surface area contributed by atoms with Crippen molar-refractivity contribution < 1.29 is 13.5 Å². The Hall–Kier alpha value is -1.34. The molecule has 2 atom stereocenters. The van der Waals surface area contributed by atoms with Gasteiger partial charge in [0.2, 0.25) is 0 Å². The molecule has 94 valence electrons. The summed E-state index contributed by atoms with van der Waals surface area (Å²) in [6, 6.07) is 2.87. The monoisotopic (exact) mass is 260 g/mol. The van der Waals surface area contributed by atoms with E-state index in [9.17, 15) is 18.7 Å². The van der Waals surface area contributed by atoms with E-state index in [0.717, 1.165) is 18.2 Å². The van der Waals surface area contributed by atoms with Crippen LogP contribution in [0.5, 0.6) is 0 Å². The van der Waals surface area contributed by atoms with Gasteiger partial charge in [-0.2, -0.15) is 0 Å². The van der Waals surface area contributed by atoms with Crippen LogP contribution < -0.4 is 5.73 Å². The molecule has 0 saturated carbocycles. The molecule has 0 aliphatic heterocycles. The number of hydrogen-bond acceptors (Lipinski definition) is 4. The molecule has 0 heterocycles. The quantitative estimate of drug-likeness (QED) is 0.639. The number of benzene rings is 1. The Morgan fingerprint density at radius 2 is 2.24 bits per heavy atom. The van der Waals surface area contributed by atoms with Crippen LogP contribution in [0.15, 0.2) is 18.2 Å². The molecule has 0 spiro atoms. The van der Waals surface area contributed by atoms with Crippen molar-refractivity contribution >= 4 is 16.5 Å². The van der Waals surface area contributed by atoms with Gasteiger partial charge in [0.15, 0.2) is 0 Å². The molecule has 0 aromatic heterocycles. The summed E-state index contributed by atoms with van der Waals surface area (Å²) < 4.78 is 24.6. The van der Waals surface area contributed by atoms with E-state index >= 15 is 0 Å². The summed E-state index contributed by atoms with van der Waals surface area (Å²) in [5.74, 6) is -0.410. The van der Waals surface area contributed by atoms with Gasteiger partial charge < -0.3 is 5.73 Å². The van der Waals surface area contributed by atoms with Gasteiger partial charge in [0.1, 0.15) is 5.82 Å². The first-order valence-corrected chi connectivity index (χ1v) is 6.42. The first-order valence-electron chi connectivity index (χ1n) is 4.93. The van der Waals surface area contributed by atoms with Crippen molar-refractivity contribution in [3.63, 3.8) is 0 Å². The minimum atomic E-state index is -1.33. The number of halogens is 1. The van der Waals surface area contributed by atoms with Gasteiger partial charge in [-0.15, -0.1) is 0 Å². The van der Waals surface area contributed by atoms with Crippen LogP contribution in [0.3, 0.4) is 0 Å². The van der Waals surface area contributed by atoms with Crippen molar-refractivity contribution in [2.45, 2.75) is 18.7 Å². The first-order chi connectivity index (χ1) is 7.90. The molecule has 0 radical (unpaired) electrons. The maximum Gasteiger partial charge on any atom is 0.273 e. The van der Waals surface area contributed by atoms with E-state index in [1.165, 1.54) is 0 Å². The highest BCUT2D eigenvalue weighted by atomic mass is 32.2. The normalized spacial score (nSPS) is 14.3. The number of nitro groups is 1.